The van der Waals surface area contributed by atoms with Gasteiger partial charge in [-0.3, -0.25) is 4.79 Å². The molecule has 0 aromatic carbocycles. The Morgan fingerprint density at radius 1 is 1.35 bits per heavy atom. The minimum atomic E-state index is 0.213. The molecule has 4 heteroatoms. The molecule has 98 valence electrons. The summed E-state index contributed by atoms with van der Waals surface area (Å²) in [7, 11) is 1.92. The van der Waals surface area contributed by atoms with E-state index < -0.39 is 0 Å². The average Bonchev–Trinajstić information content (AvgIpc) is 3.07. The van der Waals surface area contributed by atoms with Crippen molar-refractivity contribution >= 4 is 5.91 Å². The van der Waals surface area contributed by atoms with Crippen LogP contribution in [0.25, 0.3) is 0 Å². The first-order chi connectivity index (χ1) is 8.29. The van der Waals surface area contributed by atoms with Crippen molar-refractivity contribution in [1.82, 2.24) is 15.5 Å². The zero-order valence-corrected chi connectivity index (χ0v) is 10.9. The highest BCUT2D eigenvalue weighted by atomic mass is 16.1. The Bertz CT molecular complexity index is 253. The lowest BCUT2D eigenvalue weighted by molar-refractivity contribution is -0.121. The molecule has 4 nitrogen and oxygen atoms in total. The van der Waals surface area contributed by atoms with Crippen molar-refractivity contribution in [3.63, 3.8) is 0 Å². The van der Waals surface area contributed by atoms with E-state index in [9.17, 15) is 4.79 Å². The minimum Gasteiger partial charge on any atom is -0.356 e. The first-order valence-corrected chi connectivity index (χ1v) is 6.95. The largest absolute Gasteiger partial charge is 0.356 e. The SMILES string of the molecule is CNCCCC(=O)NCC1CCN(C2CC2)C1. The number of nitrogens with zero attached hydrogens (tertiary/aromatic N) is 1. The molecule has 2 N–H and O–H groups in total. The molecule has 1 heterocycles. The van der Waals surface area contributed by atoms with E-state index in [1.807, 2.05) is 7.05 Å². The smallest absolute Gasteiger partial charge is 0.220 e. The fourth-order valence-electron chi connectivity index (χ4n) is 2.57. The number of hydrogen-bond donors (Lipinski definition) is 2. The molecule has 1 saturated heterocycles. The van der Waals surface area contributed by atoms with Gasteiger partial charge in [0.1, 0.15) is 0 Å². The van der Waals surface area contributed by atoms with Gasteiger partial charge in [0.05, 0.1) is 0 Å². The summed E-state index contributed by atoms with van der Waals surface area (Å²) in [6.45, 7) is 4.24. The second kappa shape index (κ2) is 6.36. The quantitative estimate of drug-likeness (QED) is 0.639. The second-order valence-corrected chi connectivity index (χ2v) is 5.39. The lowest BCUT2D eigenvalue weighted by atomic mass is 10.1. The van der Waals surface area contributed by atoms with Gasteiger partial charge >= 0.3 is 0 Å². The highest BCUT2D eigenvalue weighted by Gasteiger charge is 2.34. The topological polar surface area (TPSA) is 44.4 Å². The summed E-state index contributed by atoms with van der Waals surface area (Å²) < 4.78 is 0. The van der Waals surface area contributed by atoms with Crippen LogP contribution in [0.1, 0.15) is 32.1 Å². The van der Waals surface area contributed by atoms with Crippen molar-refractivity contribution < 1.29 is 4.79 Å². The fraction of sp³-hybridized carbons (Fsp3) is 0.923. The Morgan fingerprint density at radius 3 is 2.88 bits per heavy atom. The molecule has 17 heavy (non-hydrogen) atoms. The summed E-state index contributed by atoms with van der Waals surface area (Å²) >= 11 is 0. The Morgan fingerprint density at radius 2 is 2.18 bits per heavy atom. The van der Waals surface area contributed by atoms with Gasteiger partial charge in [-0.05, 0) is 51.7 Å². The maximum absolute atomic E-state index is 11.5. The molecule has 0 spiro atoms. The molecule has 1 atom stereocenters. The summed E-state index contributed by atoms with van der Waals surface area (Å²) in [5.74, 6) is 0.897. The number of carbonyl (C=O) groups is 1. The molecule has 1 unspecified atom stereocenters. The van der Waals surface area contributed by atoms with Gasteiger partial charge in [-0.25, -0.2) is 0 Å². The van der Waals surface area contributed by atoms with Crippen LogP contribution >= 0.6 is 0 Å². The van der Waals surface area contributed by atoms with Gasteiger partial charge in [0.15, 0.2) is 0 Å². The average molecular weight is 239 g/mol. The van der Waals surface area contributed by atoms with Gasteiger partial charge < -0.3 is 15.5 Å². The third-order valence-electron chi connectivity index (χ3n) is 3.80. The van der Waals surface area contributed by atoms with E-state index in [0.717, 1.165) is 25.6 Å². The van der Waals surface area contributed by atoms with E-state index in [2.05, 4.69) is 15.5 Å². The van der Waals surface area contributed by atoms with Crippen LogP contribution in [0.15, 0.2) is 0 Å². The van der Waals surface area contributed by atoms with Crippen LogP contribution in [0.3, 0.4) is 0 Å². The molecule has 1 aliphatic carbocycles. The van der Waals surface area contributed by atoms with Crippen LogP contribution in [-0.4, -0.2) is 50.1 Å². The van der Waals surface area contributed by atoms with Gasteiger partial charge in [-0.2, -0.15) is 0 Å². The zero-order valence-electron chi connectivity index (χ0n) is 10.9. The van der Waals surface area contributed by atoms with E-state index >= 15 is 0 Å². The van der Waals surface area contributed by atoms with E-state index in [0.29, 0.717) is 12.3 Å². The highest BCUT2D eigenvalue weighted by Crippen LogP contribution is 2.31. The van der Waals surface area contributed by atoms with Crippen LogP contribution in [0.5, 0.6) is 0 Å². The van der Waals surface area contributed by atoms with Crippen molar-refractivity contribution in [3.8, 4) is 0 Å². The zero-order chi connectivity index (χ0) is 12.1. The number of amides is 1. The molecule has 0 aromatic rings. The van der Waals surface area contributed by atoms with Gasteiger partial charge in [-0.1, -0.05) is 0 Å². The van der Waals surface area contributed by atoms with E-state index in [-0.39, 0.29) is 5.91 Å². The molecular weight excluding hydrogens is 214 g/mol. The first kappa shape index (κ1) is 12.8. The van der Waals surface area contributed by atoms with Crippen LogP contribution in [-0.2, 0) is 4.79 Å². The predicted molar refractivity (Wildman–Crippen MR) is 68.9 cm³/mol. The molecule has 1 amide bonds. The van der Waals surface area contributed by atoms with Gasteiger partial charge in [0.25, 0.3) is 0 Å². The molecular formula is C13H25N3O. The molecule has 1 saturated carbocycles. The monoisotopic (exact) mass is 239 g/mol. The number of likely N-dealkylation sites (tertiary alicyclic amines) is 1. The molecule has 0 radical (unpaired) electrons. The van der Waals surface area contributed by atoms with Gasteiger partial charge in [0.2, 0.25) is 5.91 Å². The van der Waals surface area contributed by atoms with E-state index in [4.69, 9.17) is 0 Å². The van der Waals surface area contributed by atoms with E-state index in [1.165, 1.54) is 32.4 Å². The summed E-state index contributed by atoms with van der Waals surface area (Å²) in [6, 6.07) is 0.881. The molecule has 2 rings (SSSR count). The summed E-state index contributed by atoms with van der Waals surface area (Å²) in [6.07, 6.45) is 5.63. The maximum atomic E-state index is 11.5. The highest BCUT2D eigenvalue weighted by molar-refractivity contribution is 5.75. The molecule has 2 fully saturated rings. The van der Waals surface area contributed by atoms with Crippen molar-refractivity contribution in [2.24, 2.45) is 5.92 Å². The van der Waals surface area contributed by atoms with Crippen LogP contribution in [0.4, 0.5) is 0 Å². The van der Waals surface area contributed by atoms with Crippen molar-refractivity contribution in [2.45, 2.75) is 38.1 Å². The Balaban J connectivity index is 1.54. The number of carbonyl (C=O) groups excluding carboxylic acids is 1. The van der Waals surface area contributed by atoms with Crippen molar-refractivity contribution in [3.05, 3.63) is 0 Å². The molecule has 0 aromatic heterocycles. The lowest BCUT2D eigenvalue weighted by Gasteiger charge is -2.15. The second-order valence-electron chi connectivity index (χ2n) is 5.39. The predicted octanol–water partition coefficient (Wildman–Crippen LogP) is 0.587. The molecule has 1 aliphatic heterocycles. The van der Waals surface area contributed by atoms with Crippen molar-refractivity contribution in [2.75, 3.05) is 33.2 Å². The standard InChI is InChI=1S/C13H25N3O/c1-14-7-2-3-13(17)15-9-11-6-8-16(10-11)12-4-5-12/h11-12,14H,2-10H2,1H3,(H,15,17). The Kier molecular flexibility index (Phi) is 4.80. The van der Waals surface area contributed by atoms with E-state index in [1.54, 1.807) is 0 Å². The molecule has 2 aliphatic rings. The van der Waals surface area contributed by atoms with Crippen LogP contribution in [0.2, 0.25) is 0 Å². The fourth-order valence-corrected chi connectivity index (χ4v) is 2.57. The van der Waals surface area contributed by atoms with Gasteiger partial charge in [0, 0.05) is 25.6 Å². The third-order valence-corrected chi connectivity index (χ3v) is 3.80. The maximum Gasteiger partial charge on any atom is 0.220 e. The Hall–Kier alpha value is -0.610. The normalized spacial score (nSPS) is 25.1. The number of hydrogen-bond acceptors (Lipinski definition) is 3. The summed E-state index contributed by atoms with van der Waals surface area (Å²) in [4.78, 5) is 14.1. The third kappa shape index (κ3) is 4.28. The lowest BCUT2D eigenvalue weighted by Crippen LogP contribution is -2.31. The number of nitrogens with one attached hydrogen (secondary N) is 2. The summed E-state index contributed by atoms with van der Waals surface area (Å²) in [5, 5.41) is 6.13. The van der Waals surface area contributed by atoms with Crippen molar-refractivity contribution in [1.29, 1.82) is 0 Å². The minimum absolute atomic E-state index is 0.213. The van der Waals surface area contributed by atoms with Crippen LogP contribution < -0.4 is 10.6 Å². The van der Waals surface area contributed by atoms with Gasteiger partial charge in [-0.15, -0.1) is 0 Å². The number of rotatable bonds is 7. The summed E-state index contributed by atoms with van der Waals surface area (Å²) in [5.41, 5.74) is 0. The first-order valence-electron chi connectivity index (χ1n) is 6.95. The Labute approximate surface area is 104 Å². The molecule has 0 bridgehead atoms. The van der Waals surface area contributed by atoms with Crippen LogP contribution in [0, 0.1) is 5.92 Å².